The van der Waals surface area contributed by atoms with E-state index in [1.807, 2.05) is 13.0 Å². The third-order valence-electron chi connectivity index (χ3n) is 2.68. The molecule has 0 saturated carbocycles. The molecule has 1 fully saturated rings. The molecule has 2 heterocycles. The molecule has 14 heavy (non-hydrogen) atoms. The van der Waals surface area contributed by atoms with E-state index in [2.05, 4.69) is 10.2 Å². The molecule has 4 nitrogen and oxygen atoms in total. The number of rotatable bonds is 1. The first-order valence-corrected chi connectivity index (χ1v) is 4.95. The summed E-state index contributed by atoms with van der Waals surface area (Å²) in [6.07, 6.45) is 2.08. The zero-order chi connectivity index (χ0) is 9.97. The Kier molecular flexibility index (Phi) is 2.63. The summed E-state index contributed by atoms with van der Waals surface area (Å²) < 4.78 is 5.30. The Balaban J connectivity index is 2.18. The van der Waals surface area contributed by atoms with Crippen molar-refractivity contribution in [3.63, 3.8) is 0 Å². The highest BCUT2D eigenvalue weighted by Crippen LogP contribution is 2.25. The van der Waals surface area contributed by atoms with Gasteiger partial charge >= 0.3 is 0 Å². The molecule has 0 aliphatic carbocycles. The number of hydrogen-bond donors (Lipinski definition) is 1. The Morgan fingerprint density at radius 3 is 2.71 bits per heavy atom. The van der Waals surface area contributed by atoms with Crippen LogP contribution in [0.3, 0.4) is 0 Å². The summed E-state index contributed by atoms with van der Waals surface area (Å²) in [6, 6.07) is 2.04. The van der Waals surface area contributed by atoms with E-state index in [-0.39, 0.29) is 0 Å². The topological polar surface area (TPSA) is 61.0 Å². The molecule has 1 aliphatic rings. The van der Waals surface area contributed by atoms with Crippen LogP contribution < -0.4 is 5.73 Å². The summed E-state index contributed by atoms with van der Waals surface area (Å²) in [5.41, 5.74) is 7.69. The van der Waals surface area contributed by atoms with Gasteiger partial charge in [-0.25, -0.2) is 0 Å². The number of ether oxygens (including phenoxy) is 1. The van der Waals surface area contributed by atoms with Gasteiger partial charge in [-0.2, -0.15) is 5.10 Å². The van der Waals surface area contributed by atoms with Gasteiger partial charge in [-0.1, -0.05) is 0 Å². The normalized spacial score (nSPS) is 18.4. The molecule has 76 valence electrons. The summed E-state index contributed by atoms with van der Waals surface area (Å²) in [5, 5.41) is 8.07. The minimum atomic E-state index is 0.496. The molecule has 0 atom stereocenters. The van der Waals surface area contributed by atoms with Crippen molar-refractivity contribution < 1.29 is 4.74 Å². The molecular weight excluding hydrogens is 178 g/mol. The van der Waals surface area contributed by atoms with E-state index in [9.17, 15) is 0 Å². The molecule has 1 aliphatic heterocycles. The zero-order valence-electron chi connectivity index (χ0n) is 8.36. The smallest absolute Gasteiger partial charge is 0.149 e. The fraction of sp³-hybridized carbons (Fsp3) is 0.600. The predicted octanol–water partition coefficient (Wildman–Crippen LogP) is 1.26. The molecule has 0 unspecified atom stereocenters. The third kappa shape index (κ3) is 1.85. The van der Waals surface area contributed by atoms with Crippen molar-refractivity contribution in [2.24, 2.45) is 0 Å². The molecule has 2 rings (SSSR count). The van der Waals surface area contributed by atoms with Gasteiger partial charge < -0.3 is 10.5 Å². The third-order valence-corrected chi connectivity index (χ3v) is 2.68. The maximum absolute atomic E-state index is 5.62. The number of hydrogen-bond acceptors (Lipinski definition) is 4. The van der Waals surface area contributed by atoms with Crippen molar-refractivity contribution >= 4 is 5.82 Å². The largest absolute Gasteiger partial charge is 0.382 e. The lowest BCUT2D eigenvalue weighted by Gasteiger charge is -2.21. The quantitative estimate of drug-likeness (QED) is 0.729. The molecule has 0 aromatic carbocycles. The first-order valence-electron chi connectivity index (χ1n) is 4.95. The number of aryl methyl sites for hydroxylation is 1. The van der Waals surface area contributed by atoms with E-state index in [4.69, 9.17) is 10.5 Å². The van der Waals surface area contributed by atoms with E-state index in [1.54, 1.807) is 0 Å². The van der Waals surface area contributed by atoms with Gasteiger partial charge in [0.05, 0.1) is 5.69 Å². The minimum absolute atomic E-state index is 0.496. The molecule has 1 saturated heterocycles. The van der Waals surface area contributed by atoms with Crippen LogP contribution in [-0.2, 0) is 4.74 Å². The van der Waals surface area contributed by atoms with Gasteiger partial charge in [0.2, 0.25) is 0 Å². The number of aromatic nitrogens is 2. The second-order valence-electron chi connectivity index (χ2n) is 3.72. The molecule has 0 amide bonds. The number of nitrogens with two attached hydrogens (primary N) is 1. The Hall–Kier alpha value is -1.16. The standard InChI is InChI=1S/C10H15N3O/c1-7-6-9(12-13-10(7)11)8-2-4-14-5-3-8/h6,8H,2-5H2,1H3,(H2,11,13). The summed E-state index contributed by atoms with van der Waals surface area (Å²) in [7, 11) is 0. The lowest BCUT2D eigenvalue weighted by molar-refractivity contribution is 0.0843. The van der Waals surface area contributed by atoms with E-state index < -0.39 is 0 Å². The van der Waals surface area contributed by atoms with Gasteiger partial charge in [0.25, 0.3) is 0 Å². The monoisotopic (exact) mass is 193 g/mol. The van der Waals surface area contributed by atoms with Crippen LogP contribution in [0.1, 0.15) is 30.0 Å². The highest BCUT2D eigenvalue weighted by Gasteiger charge is 2.17. The SMILES string of the molecule is Cc1cc(C2CCOCC2)nnc1N. The number of anilines is 1. The summed E-state index contributed by atoms with van der Waals surface area (Å²) in [5.74, 6) is 1.02. The predicted molar refractivity (Wildman–Crippen MR) is 54.0 cm³/mol. The van der Waals surface area contributed by atoms with Crippen LogP contribution in [0.5, 0.6) is 0 Å². The average Bonchev–Trinajstić information content (AvgIpc) is 2.23. The summed E-state index contributed by atoms with van der Waals surface area (Å²) in [4.78, 5) is 0. The minimum Gasteiger partial charge on any atom is -0.382 e. The van der Waals surface area contributed by atoms with Gasteiger partial charge in [0.15, 0.2) is 0 Å². The highest BCUT2D eigenvalue weighted by atomic mass is 16.5. The van der Waals surface area contributed by atoms with Gasteiger partial charge in [-0.05, 0) is 31.4 Å². The molecule has 0 spiro atoms. The second kappa shape index (κ2) is 3.92. The Labute approximate surface area is 83.5 Å². The van der Waals surface area contributed by atoms with Gasteiger partial charge in [0, 0.05) is 19.1 Å². The average molecular weight is 193 g/mol. The van der Waals surface area contributed by atoms with Crippen molar-refractivity contribution in [3.05, 3.63) is 17.3 Å². The van der Waals surface area contributed by atoms with Crippen molar-refractivity contribution in [3.8, 4) is 0 Å². The molecule has 4 heteroatoms. The molecule has 1 aromatic heterocycles. The van der Waals surface area contributed by atoms with Crippen LogP contribution in [0.15, 0.2) is 6.07 Å². The fourth-order valence-electron chi connectivity index (χ4n) is 1.71. The van der Waals surface area contributed by atoms with Crippen molar-refractivity contribution in [1.82, 2.24) is 10.2 Å². The van der Waals surface area contributed by atoms with Crippen molar-refractivity contribution in [1.29, 1.82) is 0 Å². The second-order valence-corrected chi connectivity index (χ2v) is 3.72. The molecular formula is C10H15N3O. The Morgan fingerprint density at radius 1 is 1.36 bits per heavy atom. The molecule has 0 bridgehead atoms. The van der Waals surface area contributed by atoms with Crippen LogP contribution >= 0.6 is 0 Å². The van der Waals surface area contributed by atoms with Crippen LogP contribution in [0, 0.1) is 6.92 Å². The number of nitrogen functional groups attached to an aromatic ring is 1. The van der Waals surface area contributed by atoms with Crippen LogP contribution in [0.25, 0.3) is 0 Å². The lowest BCUT2D eigenvalue weighted by atomic mass is 9.96. The van der Waals surface area contributed by atoms with Gasteiger partial charge in [-0.15, -0.1) is 5.10 Å². The van der Waals surface area contributed by atoms with Crippen LogP contribution in [0.2, 0.25) is 0 Å². The number of nitrogens with zero attached hydrogens (tertiary/aromatic N) is 2. The Bertz CT molecular complexity index is 321. The van der Waals surface area contributed by atoms with E-state index >= 15 is 0 Å². The molecule has 0 radical (unpaired) electrons. The first kappa shape index (κ1) is 9.40. The lowest BCUT2D eigenvalue weighted by Crippen LogP contribution is -2.16. The van der Waals surface area contributed by atoms with E-state index in [0.29, 0.717) is 11.7 Å². The van der Waals surface area contributed by atoms with Crippen LogP contribution in [0.4, 0.5) is 5.82 Å². The van der Waals surface area contributed by atoms with Crippen molar-refractivity contribution in [2.75, 3.05) is 18.9 Å². The van der Waals surface area contributed by atoms with E-state index in [0.717, 1.165) is 37.3 Å². The highest BCUT2D eigenvalue weighted by molar-refractivity contribution is 5.37. The summed E-state index contributed by atoms with van der Waals surface area (Å²) in [6.45, 7) is 3.62. The van der Waals surface area contributed by atoms with Crippen LogP contribution in [-0.4, -0.2) is 23.4 Å². The maximum Gasteiger partial charge on any atom is 0.149 e. The van der Waals surface area contributed by atoms with Gasteiger partial charge in [0.1, 0.15) is 5.82 Å². The van der Waals surface area contributed by atoms with E-state index in [1.165, 1.54) is 0 Å². The maximum atomic E-state index is 5.62. The molecule has 1 aromatic rings. The molecule has 2 N–H and O–H groups in total. The fourth-order valence-corrected chi connectivity index (χ4v) is 1.71. The van der Waals surface area contributed by atoms with Crippen molar-refractivity contribution in [2.45, 2.75) is 25.7 Å². The van der Waals surface area contributed by atoms with Gasteiger partial charge in [-0.3, -0.25) is 0 Å². The zero-order valence-corrected chi connectivity index (χ0v) is 8.36. The first-order chi connectivity index (χ1) is 6.77. The Morgan fingerprint density at radius 2 is 2.07 bits per heavy atom. The summed E-state index contributed by atoms with van der Waals surface area (Å²) >= 11 is 0.